The first-order valence-corrected chi connectivity index (χ1v) is 9.51. The molecule has 3 rings (SSSR count). The predicted molar refractivity (Wildman–Crippen MR) is 117 cm³/mol. The molecule has 1 aromatic carbocycles. The fourth-order valence-corrected chi connectivity index (χ4v) is 3.67. The third-order valence-corrected chi connectivity index (χ3v) is 5.12. The lowest BCUT2D eigenvalue weighted by molar-refractivity contribution is 0.315. The fourth-order valence-electron chi connectivity index (χ4n) is 3.45. The highest BCUT2D eigenvalue weighted by atomic mass is 127. The number of hydrogen-bond donors (Lipinski definition) is 1. The van der Waals surface area contributed by atoms with Crippen LogP contribution in [0.5, 0.6) is 0 Å². The lowest BCUT2D eigenvalue weighted by atomic mass is 10.1. The molecule has 0 spiro atoms. The van der Waals surface area contributed by atoms with E-state index < -0.39 is 0 Å². The number of hydrogen-bond acceptors (Lipinski definition) is 2. The van der Waals surface area contributed by atoms with Crippen molar-refractivity contribution < 1.29 is 0 Å². The second-order valence-electron chi connectivity index (χ2n) is 7.06. The van der Waals surface area contributed by atoms with Gasteiger partial charge in [0.05, 0.1) is 0 Å². The van der Waals surface area contributed by atoms with Gasteiger partial charge in [-0.1, -0.05) is 23.7 Å². The van der Waals surface area contributed by atoms with Crippen LogP contribution in [-0.2, 0) is 6.54 Å². The number of benzene rings is 1. The van der Waals surface area contributed by atoms with Crippen LogP contribution in [0.15, 0.2) is 29.3 Å². The van der Waals surface area contributed by atoms with Gasteiger partial charge in [-0.15, -0.1) is 24.0 Å². The molecule has 1 saturated carbocycles. The van der Waals surface area contributed by atoms with Crippen LogP contribution in [0.25, 0.3) is 0 Å². The molecule has 0 amide bonds. The van der Waals surface area contributed by atoms with Gasteiger partial charge in [0, 0.05) is 44.3 Å². The van der Waals surface area contributed by atoms with E-state index in [2.05, 4.69) is 35.2 Å². The molecule has 0 aromatic heterocycles. The van der Waals surface area contributed by atoms with Gasteiger partial charge in [-0.25, -0.2) is 0 Å². The smallest absolute Gasteiger partial charge is 0.193 e. The molecule has 1 aliphatic carbocycles. The van der Waals surface area contributed by atoms with Gasteiger partial charge in [-0.05, 0) is 56.3 Å². The van der Waals surface area contributed by atoms with Gasteiger partial charge < -0.3 is 15.1 Å². The molecule has 1 atom stereocenters. The topological polar surface area (TPSA) is 30.9 Å². The quantitative estimate of drug-likeness (QED) is 0.384. The Morgan fingerprint density at radius 2 is 2.16 bits per heavy atom. The molecular formula is C19H30ClIN4. The summed E-state index contributed by atoms with van der Waals surface area (Å²) >= 11 is 6.09. The molecule has 140 valence electrons. The SMILES string of the molecule is CCNC(=NCC1CCN(C2CC2)C1)N(C)Cc1cccc(Cl)c1.I. The standard InChI is InChI=1S/C19H29ClN4.HI/c1-3-21-19(23(2)13-15-5-4-6-17(20)11-15)22-12-16-9-10-24(14-16)18-7-8-18;/h4-6,11,16,18H,3,7-10,12-14H2,1-2H3,(H,21,22);1H. The maximum atomic E-state index is 6.09. The Morgan fingerprint density at radius 1 is 1.36 bits per heavy atom. The summed E-state index contributed by atoms with van der Waals surface area (Å²) in [5, 5.41) is 4.20. The zero-order valence-electron chi connectivity index (χ0n) is 15.2. The highest BCUT2D eigenvalue weighted by Crippen LogP contribution is 2.31. The van der Waals surface area contributed by atoms with Crippen LogP contribution in [0.3, 0.4) is 0 Å². The van der Waals surface area contributed by atoms with Crippen molar-refractivity contribution in [2.45, 2.75) is 38.8 Å². The zero-order valence-corrected chi connectivity index (χ0v) is 18.3. The summed E-state index contributed by atoms with van der Waals surface area (Å²) in [4.78, 5) is 9.74. The fraction of sp³-hybridized carbons (Fsp3) is 0.632. The maximum Gasteiger partial charge on any atom is 0.193 e. The van der Waals surface area contributed by atoms with Crippen molar-refractivity contribution in [3.05, 3.63) is 34.9 Å². The highest BCUT2D eigenvalue weighted by molar-refractivity contribution is 14.0. The first-order valence-electron chi connectivity index (χ1n) is 9.13. The van der Waals surface area contributed by atoms with E-state index in [1.807, 2.05) is 18.2 Å². The summed E-state index contributed by atoms with van der Waals surface area (Å²) in [5.74, 6) is 1.70. The molecule has 1 saturated heterocycles. The first kappa shape index (κ1) is 20.8. The Morgan fingerprint density at radius 3 is 2.84 bits per heavy atom. The summed E-state index contributed by atoms with van der Waals surface area (Å²) in [6.45, 7) is 7.23. The van der Waals surface area contributed by atoms with E-state index >= 15 is 0 Å². The summed E-state index contributed by atoms with van der Waals surface area (Å²) in [7, 11) is 2.09. The molecule has 1 N–H and O–H groups in total. The molecule has 1 aliphatic heterocycles. The van der Waals surface area contributed by atoms with E-state index in [4.69, 9.17) is 16.6 Å². The number of nitrogens with zero attached hydrogens (tertiary/aromatic N) is 3. The molecule has 0 bridgehead atoms. The van der Waals surface area contributed by atoms with Crippen LogP contribution in [0, 0.1) is 5.92 Å². The number of nitrogens with one attached hydrogen (secondary N) is 1. The molecule has 1 unspecified atom stereocenters. The van der Waals surface area contributed by atoms with Crippen LogP contribution < -0.4 is 5.32 Å². The summed E-state index contributed by atoms with van der Waals surface area (Å²) in [6.07, 6.45) is 4.10. The van der Waals surface area contributed by atoms with Crippen LogP contribution >= 0.6 is 35.6 Å². The Bertz CT molecular complexity index is 576. The largest absolute Gasteiger partial charge is 0.357 e. The minimum atomic E-state index is 0. The first-order chi connectivity index (χ1) is 11.7. The Balaban J connectivity index is 0.00000225. The number of aliphatic imine (C=N–C) groups is 1. The summed E-state index contributed by atoms with van der Waals surface area (Å²) < 4.78 is 0. The molecule has 2 aliphatic rings. The van der Waals surface area contributed by atoms with Crippen LogP contribution in [0.2, 0.25) is 5.02 Å². The van der Waals surface area contributed by atoms with Gasteiger partial charge in [-0.3, -0.25) is 4.99 Å². The number of likely N-dealkylation sites (tertiary alicyclic amines) is 1. The van der Waals surface area contributed by atoms with Gasteiger partial charge in [-0.2, -0.15) is 0 Å². The van der Waals surface area contributed by atoms with E-state index in [0.717, 1.165) is 36.7 Å². The van der Waals surface area contributed by atoms with Crippen LogP contribution in [0.1, 0.15) is 31.7 Å². The van der Waals surface area contributed by atoms with Crippen molar-refractivity contribution in [2.24, 2.45) is 10.9 Å². The van der Waals surface area contributed by atoms with E-state index in [-0.39, 0.29) is 24.0 Å². The average molecular weight is 477 g/mol. The predicted octanol–water partition coefficient (Wildman–Crippen LogP) is 3.84. The van der Waals surface area contributed by atoms with Gasteiger partial charge in [0.15, 0.2) is 5.96 Å². The van der Waals surface area contributed by atoms with E-state index in [9.17, 15) is 0 Å². The average Bonchev–Trinajstić information content (AvgIpc) is 3.30. The maximum absolute atomic E-state index is 6.09. The van der Waals surface area contributed by atoms with Gasteiger partial charge in [0.2, 0.25) is 0 Å². The number of rotatable bonds is 6. The number of halogens is 2. The van der Waals surface area contributed by atoms with Crippen molar-refractivity contribution in [2.75, 3.05) is 33.2 Å². The molecular weight excluding hydrogens is 447 g/mol. The molecule has 6 heteroatoms. The van der Waals surface area contributed by atoms with E-state index in [1.54, 1.807) is 0 Å². The Kier molecular flexibility index (Phi) is 8.29. The third-order valence-electron chi connectivity index (χ3n) is 4.89. The highest BCUT2D eigenvalue weighted by Gasteiger charge is 2.34. The van der Waals surface area contributed by atoms with Crippen molar-refractivity contribution in [1.82, 2.24) is 15.1 Å². The monoisotopic (exact) mass is 476 g/mol. The van der Waals surface area contributed by atoms with Gasteiger partial charge >= 0.3 is 0 Å². The van der Waals surface area contributed by atoms with Crippen molar-refractivity contribution >= 4 is 41.5 Å². The Labute approximate surface area is 174 Å². The van der Waals surface area contributed by atoms with E-state index in [1.165, 1.54) is 37.9 Å². The van der Waals surface area contributed by atoms with Crippen molar-refractivity contribution in [3.63, 3.8) is 0 Å². The summed E-state index contributed by atoms with van der Waals surface area (Å²) in [6, 6.07) is 8.93. The normalized spacial score (nSPS) is 21.1. The molecule has 25 heavy (non-hydrogen) atoms. The van der Waals surface area contributed by atoms with Crippen molar-refractivity contribution in [3.8, 4) is 0 Å². The second kappa shape index (κ2) is 9.97. The van der Waals surface area contributed by atoms with Crippen LogP contribution in [-0.4, -0.2) is 55.0 Å². The zero-order chi connectivity index (χ0) is 16.9. The number of guanidine groups is 1. The molecule has 2 fully saturated rings. The summed E-state index contributed by atoms with van der Waals surface area (Å²) in [5.41, 5.74) is 1.20. The minimum absolute atomic E-state index is 0. The Hall–Kier alpha value is -0.530. The molecule has 4 nitrogen and oxygen atoms in total. The molecule has 0 radical (unpaired) electrons. The van der Waals surface area contributed by atoms with Crippen LogP contribution in [0.4, 0.5) is 0 Å². The molecule has 1 heterocycles. The third kappa shape index (κ3) is 6.29. The van der Waals surface area contributed by atoms with Gasteiger partial charge in [0.25, 0.3) is 0 Å². The van der Waals surface area contributed by atoms with Gasteiger partial charge in [0.1, 0.15) is 0 Å². The van der Waals surface area contributed by atoms with Crippen molar-refractivity contribution in [1.29, 1.82) is 0 Å². The van der Waals surface area contributed by atoms with E-state index in [0.29, 0.717) is 5.92 Å². The second-order valence-corrected chi connectivity index (χ2v) is 7.50. The lowest BCUT2D eigenvalue weighted by Gasteiger charge is -2.23. The minimum Gasteiger partial charge on any atom is -0.357 e. The molecule has 1 aromatic rings. The lowest BCUT2D eigenvalue weighted by Crippen LogP contribution is -2.39.